The second kappa shape index (κ2) is 3.32. The molecule has 0 N–H and O–H groups in total. The Morgan fingerprint density at radius 1 is 1.79 bits per heavy atom. The van der Waals surface area contributed by atoms with Crippen LogP contribution >= 0.6 is 11.8 Å². The van der Waals surface area contributed by atoms with Gasteiger partial charge >= 0.3 is 0 Å². The zero-order valence-corrected chi connectivity index (χ0v) is 9.27. The van der Waals surface area contributed by atoms with Gasteiger partial charge in [-0.25, -0.2) is 0 Å². The zero-order chi connectivity index (χ0) is 10.2. The van der Waals surface area contributed by atoms with Gasteiger partial charge in [-0.3, -0.25) is 4.68 Å². The zero-order valence-electron chi connectivity index (χ0n) is 8.45. The third-order valence-corrected chi connectivity index (χ3v) is 3.68. The molecule has 0 aromatic carbocycles. The predicted molar refractivity (Wildman–Crippen MR) is 56.0 cm³/mol. The molecule has 0 amide bonds. The van der Waals surface area contributed by atoms with Gasteiger partial charge in [0.25, 0.3) is 0 Å². The first kappa shape index (κ1) is 9.60. The first-order valence-corrected chi connectivity index (χ1v) is 5.65. The van der Waals surface area contributed by atoms with Crippen molar-refractivity contribution in [2.75, 3.05) is 0 Å². The predicted octanol–water partition coefficient (Wildman–Crippen LogP) is 2.53. The molecule has 1 aromatic rings. The van der Waals surface area contributed by atoms with Gasteiger partial charge in [0.2, 0.25) is 0 Å². The van der Waals surface area contributed by atoms with Gasteiger partial charge in [0.05, 0.1) is 0 Å². The number of thioether (sulfide) groups is 1. The SMILES string of the molecule is CCC1(C)CCn2nc(SC#N)cc21. The lowest BCUT2D eigenvalue weighted by molar-refractivity contribution is 0.450. The molecular formula is C10H13N3S. The highest BCUT2D eigenvalue weighted by molar-refractivity contribution is 8.03. The van der Waals surface area contributed by atoms with Crippen LogP contribution in [-0.2, 0) is 12.0 Å². The van der Waals surface area contributed by atoms with E-state index in [1.54, 1.807) is 0 Å². The Bertz CT molecular complexity index is 391. The van der Waals surface area contributed by atoms with Crippen LogP contribution in [0, 0.1) is 10.7 Å². The van der Waals surface area contributed by atoms with E-state index in [1.807, 2.05) is 4.68 Å². The smallest absolute Gasteiger partial charge is 0.140 e. The van der Waals surface area contributed by atoms with Crippen molar-refractivity contribution in [2.24, 2.45) is 0 Å². The second-order valence-electron chi connectivity index (χ2n) is 3.95. The van der Waals surface area contributed by atoms with Crippen molar-refractivity contribution in [2.45, 2.75) is 43.7 Å². The summed E-state index contributed by atoms with van der Waals surface area (Å²) < 4.78 is 2.04. The summed E-state index contributed by atoms with van der Waals surface area (Å²) in [6, 6.07) is 2.06. The number of hydrogen-bond donors (Lipinski definition) is 0. The Labute approximate surface area is 88.1 Å². The molecule has 0 radical (unpaired) electrons. The molecule has 0 aliphatic carbocycles. The molecule has 0 spiro atoms. The van der Waals surface area contributed by atoms with Crippen LogP contribution in [-0.4, -0.2) is 9.78 Å². The summed E-state index contributed by atoms with van der Waals surface area (Å²) in [6.07, 6.45) is 2.30. The third kappa shape index (κ3) is 1.32. The van der Waals surface area contributed by atoms with Crippen molar-refractivity contribution in [3.05, 3.63) is 11.8 Å². The number of nitrogens with zero attached hydrogens (tertiary/aromatic N) is 3. The number of nitriles is 1. The summed E-state index contributed by atoms with van der Waals surface area (Å²) >= 11 is 1.14. The minimum absolute atomic E-state index is 0.265. The number of aryl methyl sites for hydroxylation is 1. The van der Waals surface area contributed by atoms with E-state index in [4.69, 9.17) is 5.26 Å². The van der Waals surface area contributed by atoms with E-state index in [0.29, 0.717) is 0 Å². The Balaban J connectivity index is 2.36. The van der Waals surface area contributed by atoms with Gasteiger partial charge in [-0.1, -0.05) is 13.8 Å². The molecule has 1 aromatic heterocycles. The molecule has 2 heterocycles. The quantitative estimate of drug-likeness (QED) is 0.552. The van der Waals surface area contributed by atoms with Crippen LogP contribution in [0.3, 0.4) is 0 Å². The average Bonchev–Trinajstić information content (AvgIpc) is 2.69. The van der Waals surface area contributed by atoms with Crippen LogP contribution in [0.4, 0.5) is 0 Å². The molecule has 1 aliphatic rings. The summed E-state index contributed by atoms with van der Waals surface area (Å²) in [4.78, 5) is 0. The second-order valence-corrected chi connectivity index (χ2v) is 4.75. The highest BCUT2D eigenvalue weighted by Gasteiger charge is 2.34. The van der Waals surface area contributed by atoms with Crippen LogP contribution in [0.2, 0.25) is 0 Å². The molecule has 2 rings (SSSR count). The van der Waals surface area contributed by atoms with Gasteiger partial charge in [0.15, 0.2) is 0 Å². The first-order chi connectivity index (χ1) is 6.69. The topological polar surface area (TPSA) is 41.6 Å². The molecular weight excluding hydrogens is 194 g/mol. The summed E-state index contributed by atoms with van der Waals surface area (Å²) in [5, 5.41) is 15.8. The Morgan fingerprint density at radius 3 is 3.21 bits per heavy atom. The number of hydrogen-bond acceptors (Lipinski definition) is 3. The van der Waals surface area contributed by atoms with E-state index in [1.165, 1.54) is 12.1 Å². The van der Waals surface area contributed by atoms with Crippen molar-refractivity contribution in [1.29, 1.82) is 5.26 Å². The lowest BCUT2D eigenvalue weighted by atomic mass is 9.83. The van der Waals surface area contributed by atoms with Crippen molar-refractivity contribution >= 4 is 11.8 Å². The summed E-state index contributed by atoms with van der Waals surface area (Å²) in [7, 11) is 0. The summed E-state index contributed by atoms with van der Waals surface area (Å²) in [5.74, 6) is 0. The fourth-order valence-corrected chi connectivity index (χ4v) is 2.39. The maximum atomic E-state index is 8.56. The normalized spacial score (nSPS) is 24.6. The molecule has 0 saturated heterocycles. The number of thiocyanates is 1. The van der Waals surface area contributed by atoms with Gasteiger partial charge in [0.1, 0.15) is 10.4 Å². The molecule has 4 heteroatoms. The van der Waals surface area contributed by atoms with Gasteiger partial charge in [-0.05, 0) is 18.9 Å². The molecule has 0 bridgehead atoms. The Morgan fingerprint density at radius 2 is 2.57 bits per heavy atom. The van der Waals surface area contributed by atoms with Crippen molar-refractivity contribution in [3.8, 4) is 5.40 Å². The van der Waals surface area contributed by atoms with Crippen molar-refractivity contribution in [1.82, 2.24) is 9.78 Å². The van der Waals surface area contributed by atoms with Gasteiger partial charge < -0.3 is 0 Å². The Hall–Kier alpha value is -0.950. The standard InChI is InChI=1S/C10H13N3S/c1-3-10(2)4-5-13-8(10)6-9(12-13)14-7-11/h6H,3-5H2,1-2H3. The highest BCUT2D eigenvalue weighted by atomic mass is 32.2. The number of aromatic nitrogens is 2. The summed E-state index contributed by atoms with van der Waals surface area (Å²) in [5.41, 5.74) is 1.55. The van der Waals surface area contributed by atoms with Gasteiger partial charge in [0, 0.05) is 29.4 Å². The molecule has 3 nitrogen and oxygen atoms in total. The maximum absolute atomic E-state index is 8.56. The molecule has 1 aliphatic heterocycles. The fraction of sp³-hybridized carbons (Fsp3) is 0.600. The van der Waals surface area contributed by atoms with Gasteiger partial charge in [-0.2, -0.15) is 10.4 Å². The molecule has 74 valence electrons. The van der Waals surface area contributed by atoms with Crippen LogP contribution in [0.15, 0.2) is 11.1 Å². The van der Waals surface area contributed by atoms with Crippen LogP contribution in [0.1, 0.15) is 32.4 Å². The van der Waals surface area contributed by atoms with Crippen LogP contribution in [0.5, 0.6) is 0 Å². The fourth-order valence-electron chi connectivity index (χ4n) is 1.98. The largest absolute Gasteiger partial charge is 0.268 e. The van der Waals surface area contributed by atoms with E-state index < -0.39 is 0 Å². The van der Waals surface area contributed by atoms with E-state index in [2.05, 4.69) is 30.4 Å². The van der Waals surface area contributed by atoms with E-state index in [-0.39, 0.29) is 5.41 Å². The third-order valence-electron chi connectivity index (χ3n) is 3.18. The molecule has 0 saturated carbocycles. The molecule has 1 unspecified atom stereocenters. The van der Waals surface area contributed by atoms with E-state index in [9.17, 15) is 0 Å². The lowest BCUT2D eigenvalue weighted by Gasteiger charge is -2.19. The van der Waals surface area contributed by atoms with E-state index in [0.717, 1.165) is 29.8 Å². The van der Waals surface area contributed by atoms with Crippen LogP contribution in [0.25, 0.3) is 0 Å². The number of rotatable bonds is 2. The van der Waals surface area contributed by atoms with E-state index >= 15 is 0 Å². The molecule has 1 atom stereocenters. The summed E-state index contributed by atoms with van der Waals surface area (Å²) in [6.45, 7) is 5.47. The average molecular weight is 207 g/mol. The maximum Gasteiger partial charge on any atom is 0.140 e. The first-order valence-electron chi connectivity index (χ1n) is 4.84. The molecule has 0 fully saturated rings. The van der Waals surface area contributed by atoms with Crippen molar-refractivity contribution in [3.63, 3.8) is 0 Å². The monoisotopic (exact) mass is 207 g/mol. The Kier molecular flexibility index (Phi) is 2.28. The van der Waals surface area contributed by atoms with Crippen molar-refractivity contribution < 1.29 is 0 Å². The van der Waals surface area contributed by atoms with Gasteiger partial charge in [-0.15, -0.1) is 0 Å². The lowest BCUT2D eigenvalue weighted by Crippen LogP contribution is -2.16. The number of fused-ring (bicyclic) bond motifs is 1. The highest BCUT2D eigenvalue weighted by Crippen LogP contribution is 2.38. The minimum Gasteiger partial charge on any atom is -0.268 e. The minimum atomic E-state index is 0.265. The van der Waals surface area contributed by atoms with Crippen LogP contribution < -0.4 is 0 Å². The molecule has 14 heavy (non-hydrogen) atoms.